The zero-order valence-corrected chi connectivity index (χ0v) is 20.4. The maximum absolute atomic E-state index is 10.5. The normalized spacial score (nSPS) is 16.2. The molecule has 0 saturated carbocycles. The molecule has 0 amide bonds. The number of hydrogen-bond acceptors (Lipinski definition) is 8. The van der Waals surface area contributed by atoms with Gasteiger partial charge >= 0.3 is 0 Å². The van der Waals surface area contributed by atoms with E-state index in [1.165, 1.54) is 5.56 Å². The molecule has 1 atom stereocenters. The molecule has 1 N–H and O–H groups in total. The Labute approximate surface area is 203 Å². The summed E-state index contributed by atoms with van der Waals surface area (Å²) in [5, 5.41) is 15.8. The highest BCUT2D eigenvalue weighted by Gasteiger charge is 2.21. The van der Waals surface area contributed by atoms with E-state index in [4.69, 9.17) is 9.26 Å². The zero-order valence-electron chi connectivity index (χ0n) is 19.6. The summed E-state index contributed by atoms with van der Waals surface area (Å²) >= 11 is 1.67. The minimum Gasteiger partial charge on any atom is -0.491 e. The molecule has 0 bridgehead atoms. The van der Waals surface area contributed by atoms with Crippen molar-refractivity contribution >= 4 is 21.6 Å². The molecule has 2 aromatic carbocycles. The van der Waals surface area contributed by atoms with Crippen molar-refractivity contribution in [2.24, 2.45) is 0 Å². The number of aliphatic hydroxyl groups is 1. The third-order valence-corrected chi connectivity index (χ3v) is 7.07. The topological polar surface area (TPSA) is 74.9 Å². The van der Waals surface area contributed by atoms with Gasteiger partial charge in [0.15, 0.2) is 5.76 Å². The van der Waals surface area contributed by atoms with Crippen LogP contribution in [0.15, 0.2) is 53.1 Å². The Balaban J connectivity index is 1.05. The molecule has 0 spiro atoms. The first kappa shape index (κ1) is 23.0. The van der Waals surface area contributed by atoms with E-state index in [1.807, 2.05) is 31.2 Å². The van der Waals surface area contributed by atoms with E-state index in [-0.39, 0.29) is 6.61 Å². The smallest absolute Gasteiger partial charge is 0.167 e. The Morgan fingerprint density at radius 1 is 1.03 bits per heavy atom. The van der Waals surface area contributed by atoms with Gasteiger partial charge in [-0.25, -0.2) is 4.98 Å². The first-order valence-electron chi connectivity index (χ1n) is 11.7. The molecule has 5 rings (SSSR count). The molecule has 0 aliphatic carbocycles. The summed E-state index contributed by atoms with van der Waals surface area (Å²) in [6, 6.07) is 16.2. The fourth-order valence-electron chi connectivity index (χ4n) is 4.25. The number of aromatic nitrogens is 2. The molecule has 1 saturated heterocycles. The highest BCUT2D eigenvalue weighted by Crippen LogP contribution is 2.26. The second kappa shape index (κ2) is 10.2. The molecule has 178 valence electrons. The van der Waals surface area contributed by atoms with Gasteiger partial charge in [0.05, 0.1) is 20.9 Å². The predicted octanol–water partition coefficient (Wildman–Crippen LogP) is 4.13. The van der Waals surface area contributed by atoms with Crippen molar-refractivity contribution in [1.29, 1.82) is 0 Å². The Morgan fingerprint density at radius 2 is 1.79 bits per heavy atom. The minimum atomic E-state index is -0.535. The van der Waals surface area contributed by atoms with Crippen molar-refractivity contribution in [3.8, 4) is 17.1 Å². The number of rotatable bonds is 8. The highest BCUT2D eigenvalue weighted by atomic mass is 32.1. The van der Waals surface area contributed by atoms with Crippen molar-refractivity contribution in [2.45, 2.75) is 26.5 Å². The minimum absolute atomic E-state index is 0.273. The molecular formula is C26H30N4O3S. The number of benzene rings is 2. The lowest BCUT2D eigenvalue weighted by atomic mass is 10.1. The van der Waals surface area contributed by atoms with Crippen LogP contribution in [0.5, 0.6) is 5.75 Å². The zero-order chi connectivity index (χ0) is 23.5. The molecule has 1 unspecified atom stereocenters. The van der Waals surface area contributed by atoms with Gasteiger partial charge in [-0.3, -0.25) is 9.80 Å². The lowest BCUT2D eigenvalue weighted by molar-refractivity contribution is 0.0442. The fourth-order valence-corrected chi connectivity index (χ4v) is 5.06. The maximum Gasteiger partial charge on any atom is 0.167 e. The van der Waals surface area contributed by atoms with Gasteiger partial charge in [-0.1, -0.05) is 35.0 Å². The van der Waals surface area contributed by atoms with E-state index in [0.29, 0.717) is 6.54 Å². The summed E-state index contributed by atoms with van der Waals surface area (Å²) in [6.45, 7) is 9.40. The summed E-state index contributed by atoms with van der Waals surface area (Å²) in [4.78, 5) is 9.17. The lowest BCUT2D eigenvalue weighted by Crippen LogP contribution is -2.48. The lowest BCUT2D eigenvalue weighted by Gasteiger charge is -2.35. The number of fused-ring (bicyclic) bond motifs is 1. The molecule has 0 radical (unpaired) electrons. The predicted molar refractivity (Wildman–Crippen MR) is 134 cm³/mol. The summed E-state index contributed by atoms with van der Waals surface area (Å²) in [5.41, 5.74) is 4.17. The summed E-state index contributed by atoms with van der Waals surface area (Å²) in [5.74, 6) is 1.56. The Kier molecular flexibility index (Phi) is 6.92. The van der Waals surface area contributed by atoms with Gasteiger partial charge in [0.25, 0.3) is 0 Å². The number of aryl methyl sites for hydroxylation is 2. The van der Waals surface area contributed by atoms with Crippen molar-refractivity contribution in [3.63, 3.8) is 0 Å². The van der Waals surface area contributed by atoms with Crippen LogP contribution in [0.1, 0.15) is 16.3 Å². The van der Waals surface area contributed by atoms with E-state index >= 15 is 0 Å². The molecule has 7 nitrogen and oxygen atoms in total. The van der Waals surface area contributed by atoms with Gasteiger partial charge in [0.2, 0.25) is 0 Å². The van der Waals surface area contributed by atoms with E-state index in [9.17, 15) is 5.11 Å². The first-order valence-corrected chi connectivity index (χ1v) is 12.5. The van der Waals surface area contributed by atoms with Crippen LogP contribution in [0.2, 0.25) is 0 Å². The average molecular weight is 479 g/mol. The molecule has 1 fully saturated rings. The molecular weight excluding hydrogens is 448 g/mol. The number of nitrogens with zero attached hydrogens (tertiary/aromatic N) is 4. The Bertz CT molecular complexity index is 1230. The first-order chi connectivity index (χ1) is 16.5. The third-order valence-electron chi connectivity index (χ3n) is 6.12. The molecule has 3 heterocycles. The monoisotopic (exact) mass is 478 g/mol. The van der Waals surface area contributed by atoms with Gasteiger partial charge in [0.1, 0.15) is 18.5 Å². The highest BCUT2D eigenvalue weighted by molar-refractivity contribution is 7.18. The van der Waals surface area contributed by atoms with Crippen molar-refractivity contribution in [1.82, 2.24) is 19.9 Å². The molecule has 1 aliphatic rings. The quantitative estimate of drug-likeness (QED) is 0.408. The van der Waals surface area contributed by atoms with Crippen LogP contribution in [0.3, 0.4) is 0 Å². The largest absolute Gasteiger partial charge is 0.491 e. The van der Waals surface area contributed by atoms with Gasteiger partial charge in [-0.15, -0.1) is 11.3 Å². The van der Waals surface area contributed by atoms with Gasteiger partial charge in [0, 0.05) is 57.0 Å². The van der Waals surface area contributed by atoms with E-state index in [0.717, 1.165) is 70.7 Å². The van der Waals surface area contributed by atoms with Crippen LogP contribution in [-0.2, 0) is 6.54 Å². The average Bonchev–Trinajstić information content (AvgIpc) is 3.44. The Morgan fingerprint density at radius 3 is 2.59 bits per heavy atom. The summed E-state index contributed by atoms with van der Waals surface area (Å²) < 4.78 is 12.5. The summed E-state index contributed by atoms with van der Waals surface area (Å²) in [7, 11) is 0. The van der Waals surface area contributed by atoms with Crippen LogP contribution in [-0.4, -0.2) is 70.5 Å². The van der Waals surface area contributed by atoms with Crippen LogP contribution in [0.25, 0.3) is 21.5 Å². The maximum atomic E-state index is 10.5. The van der Waals surface area contributed by atoms with Gasteiger partial charge in [-0.05, 0) is 26.0 Å². The molecule has 8 heteroatoms. The molecule has 1 aliphatic heterocycles. The molecule has 34 heavy (non-hydrogen) atoms. The Hall–Kier alpha value is -2.78. The number of thiazole rings is 1. The van der Waals surface area contributed by atoms with Crippen molar-refractivity contribution in [3.05, 3.63) is 64.8 Å². The van der Waals surface area contributed by atoms with Crippen LogP contribution in [0, 0.1) is 13.8 Å². The van der Waals surface area contributed by atoms with Gasteiger partial charge < -0.3 is 14.4 Å². The van der Waals surface area contributed by atoms with Crippen LogP contribution in [0.4, 0.5) is 0 Å². The van der Waals surface area contributed by atoms with E-state index in [1.54, 1.807) is 11.3 Å². The fraction of sp³-hybridized carbons (Fsp3) is 0.385. The molecule has 2 aromatic heterocycles. The number of hydrogen-bond donors (Lipinski definition) is 1. The van der Waals surface area contributed by atoms with Crippen molar-refractivity contribution in [2.75, 3.05) is 39.3 Å². The number of β-amino-alcohol motifs (C(OH)–C–C–N with tert-alkyl or cyclic N) is 1. The van der Waals surface area contributed by atoms with Crippen LogP contribution >= 0.6 is 11.3 Å². The van der Waals surface area contributed by atoms with Crippen molar-refractivity contribution < 1.29 is 14.4 Å². The number of aliphatic hydroxyl groups excluding tert-OH is 1. The second-order valence-corrected chi connectivity index (χ2v) is 10.2. The standard InChI is InChI=1S/C26H30N4O3S/c1-18-3-5-20(6-4-18)25-13-21(28-33-25)15-29-9-11-30(12-10-29)16-22(31)17-32-23-7-8-26-24(14-23)27-19(2)34-26/h3-8,13-14,22,31H,9-12,15-17H2,1-2H3. The van der Waals surface area contributed by atoms with E-state index < -0.39 is 6.10 Å². The number of ether oxygens (including phenoxy) is 1. The molecule has 4 aromatic rings. The van der Waals surface area contributed by atoms with E-state index in [2.05, 4.69) is 51.1 Å². The second-order valence-electron chi connectivity index (χ2n) is 8.95. The van der Waals surface area contributed by atoms with Gasteiger partial charge in [-0.2, -0.15) is 0 Å². The summed E-state index contributed by atoms with van der Waals surface area (Å²) in [6.07, 6.45) is -0.535. The SMILES string of the molecule is Cc1ccc(-c2cc(CN3CCN(CC(O)COc4ccc5sc(C)nc5c4)CC3)no2)cc1. The third kappa shape index (κ3) is 5.64. The van der Waals surface area contributed by atoms with Crippen LogP contribution < -0.4 is 4.74 Å². The number of piperazine rings is 1.